The molecule has 5 nitrogen and oxygen atoms in total. The summed E-state index contributed by atoms with van der Waals surface area (Å²) in [6, 6.07) is 9.27. The fraction of sp³-hybridized carbons (Fsp3) is 0.409. The van der Waals surface area contributed by atoms with Crippen molar-refractivity contribution in [3.05, 3.63) is 46.1 Å². The molecule has 7 heteroatoms. The number of aryl methyl sites for hydroxylation is 2. The quantitative estimate of drug-likeness (QED) is 0.644. The third-order valence-electron chi connectivity index (χ3n) is 4.96. The number of carbonyl (C=O) groups excluding carboxylic acids is 1. The fourth-order valence-corrected chi connectivity index (χ4v) is 4.44. The molecule has 1 amide bonds. The number of ether oxygens (including phenoxy) is 1. The number of hydrogen-bond acceptors (Lipinski definition) is 5. The average molecular weight is 430 g/mol. The fourth-order valence-electron chi connectivity index (χ4n) is 3.37. The van der Waals surface area contributed by atoms with E-state index in [9.17, 15) is 10.1 Å². The van der Waals surface area contributed by atoms with Crippen LogP contribution in [0.25, 0.3) is 0 Å². The monoisotopic (exact) mass is 429 g/mol. The van der Waals surface area contributed by atoms with Crippen LogP contribution in [0.3, 0.4) is 0 Å². The Morgan fingerprint density at radius 2 is 2.03 bits per heavy atom. The van der Waals surface area contributed by atoms with E-state index in [0.717, 1.165) is 31.4 Å². The molecule has 2 aromatic rings. The standard InChI is InChI=1S/C22H24ClN3O2S/c1-14(21(27)25-19-12-17(23)9-10-20(19)28-2)29-22-16(13-24)11-15-7-5-3-4-6-8-18(15)26-22/h9-12,14H,3-8H2,1-2H3,(H,25,27). The summed E-state index contributed by atoms with van der Waals surface area (Å²) in [5, 5.41) is 13.1. The molecule has 0 fully saturated rings. The first-order chi connectivity index (χ1) is 14.0. The molecule has 3 rings (SSSR count). The van der Waals surface area contributed by atoms with E-state index < -0.39 is 5.25 Å². The molecule has 0 bridgehead atoms. The van der Waals surface area contributed by atoms with E-state index in [4.69, 9.17) is 21.3 Å². The van der Waals surface area contributed by atoms with Gasteiger partial charge in [0.25, 0.3) is 0 Å². The first-order valence-electron chi connectivity index (χ1n) is 9.75. The van der Waals surface area contributed by atoms with Gasteiger partial charge in [0, 0.05) is 10.7 Å². The van der Waals surface area contributed by atoms with Gasteiger partial charge in [0.2, 0.25) is 5.91 Å². The van der Waals surface area contributed by atoms with E-state index in [-0.39, 0.29) is 5.91 Å². The zero-order valence-corrected chi connectivity index (χ0v) is 18.2. The van der Waals surface area contributed by atoms with E-state index in [1.807, 2.05) is 6.07 Å². The summed E-state index contributed by atoms with van der Waals surface area (Å²) in [7, 11) is 1.54. The Kier molecular flexibility index (Phi) is 7.40. The van der Waals surface area contributed by atoms with Crippen LogP contribution in [0.2, 0.25) is 5.02 Å². The summed E-state index contributed by atoms with van der Waals surface area (Å²) in [6.07, 6.45) is 6.57. The number of anilines is 1. The number of nitrogens with zero attached hydrogens (tertiary/aromatic N) is 2. The Balaban J connectivity index is 1.78. The van der Waals surface area contributed by atoms with E-state index in [0.29, 0.717) is 27.0 Å². The minimum atomic E-state index is -0.440. The Morgan fingerprint density at radius 3 is 2.76 bits per heavy atom. The largest absolute Gasteiger partial charge is 0.495 e. The molecule has 0 saturated carbocycles. The van der Waals surface area contributed by atoms with E-state index >= 15 is 0 Å². The number of fused-ring (bicyclic) bond motifs is 1. The van der Waals surface area contributed by atoms with Gasteiger partial charge in [-0.2, -0.15) is 5.26 Å². The zero-order valence-electron chi connectivity index (χ0n) is 16.6. The second-order valence-electron chi connectivity index (χ2n) is 7.07. The summed E-state index contributed by atoms with van der Waals surface area (Å²) in [4.78, 5) is 17.5. The molecule has 0 spiro atoms. The van der Waals surface area contributed by atoms with Gasteiger partial charge in [-0.25, -0.2) is 4.98 Å². The number of aromatic nitrogens is 1. The Hall–Kier alpha value is -2.23. The van der Waals surface area contributed by atoms with Crippen LogP contribution in [0.5, 0.6) is 5.75 Å². The number of benzene rings is 1. The summed E-state index contributed by atoms with van der Waals surface area (Å²) >= 11 is 7.35. The molecule has 1 N–H and O–H groups in total. The average Bonchev–Trinajstić information content (AvgIpc) is 2.69. The van der Waals surface area contributed by atoms with Gasteiger partial charge < -0.3 is 10.1 Å². The van der Waals surface area contributed by atoms with Gasteiger partial charge in [-0.3, -0.25) is 4.79 Å². The highest BCUT2D eigenvalue weighted by Crippen LogP contribution is 2.31. The Morgan fingerprint density at radius 1 is 1.28 bits per heavy atom. The van der Waals surface area contributed by atoms with Crippen LogP contribution >= 0.6 is 23.4 Å². The number of methoxy groups -OCH3 is 1. The predicted molar refractivity (Wildman–Crippen MR) is 117 cm³/mol. The van der Waals surface area contributed by atoms with Crippen molar-refractivity contribution in [1.29, 1.82) is 5.26 Å². The highest BCUT2D eigenvalue weighted by atomic mass is 35.5. The molecule has 152 valence electrons. The molecule has 1 unspecified atom stereocenters. The van der Waals surface area contributed by atoms with E-state index in [2.05, 4.69) is 11.4 Å². The van der Waals surface area contributed by atoms with Crippen molar-refractivity contribution in [2.75, 3.05) is 12.4 Å². The molecule has 0 saturated heterocycles. The summed E-state index contributed by atoms with van der Waals surface area (Å²) < 4.78 is 5.28. The van der Waals surface area contributed by atoms with Gasteiger partial charge in [-0.05, 0) is 62.4 Å². The molecular formula is C22H24ClN3O2S. The van der Waals surface area contributed by atoms with Crippen LogP contribution in [0, 0.1) is 11.3 Å². The van der Waals surface area contributed by atoms with Crippen LogP contribution in [0.15, 0.2) is 29.3 Å². The summed E-state index contributed by atoms with van der Waals surface area (Å²) in [6.45, 7) is 1.80. The lowest BCUT2D eigenvalue weighted by molar-refractivity contribution is -0.115. The highest BCUT2D eigenvalue weighted by molar-refractivity contribution is 8.00. The molecule has 0 aliphatic heterocycles. The first-order valence-corrected chi connectivity index (χ1v) is 11.0. The number of amides is 1. The van der Waals surface area contributed by atoms with Gasteiger partial charge in [0.05, 0.1) is 23.6 Å². The topological polar surface area (TPSA) is 75.0 Å². The van der Waals surface area contributed by atoms with Gasteiger partial charge >= 0.3 is 0 Å². The number of nitriles is 1. The van der Waals surface area contributed by atoms with Crippen molar-refractivity contribution in [1.82, 2.24) is 4.98 Å². The van der Waals surface area contributed by atoms with Crippen LogP contribution < -0.4 is 10.1 Å². The second kappa shape index (κ2) is 10.00. The maximum atomic E-state index is 12.7. The van der Waals surface area contributed by atoms with Crippen molar-refractivity contribution >= 4 is 35.0 Å². The molecule has 1 aromatic carbocycles. The lowest BCUT2D eigenvalue weighted by Crippen LogP contribution is -2.23. The van der Waals surface area contributed by atoms with Gasteiger partial charge in [0.1, 0.15) is 16.8 Å². The van der Waals surface area contributed by atoms with E-state index in [1.54, 1.807) is 25.1 Å². The number of halogens is 1. The molecule has 1 aliphatic rings. The lowest BCUT2D eigenvalue weighted by Gasteiger charge is -2.17. The van der Waals surface area contributed by atoms with Crippen LogP contribution in [0.4, 0.5) is 5.69 Å². The van der Waals surface area contributed by atoms with Crippen molar-refractivity contribution in [3.63, 3.8) is 0 Å². The van der Waals surface area contributed by atoms with Gasteiger partial charge in [-0.1, -0.05) is 36.2 Å². The number of nitrogens with one attached hydrogen (secondary N) is 1. The molecule has 1 aromatic heterocycles. The maximum absolute atomic E-state index is 12.7. The molecule has 1 aliphatic carbocycles. The number of hydrogen-bond donors (Lipinski definition) is 1. The molecule has 1 atom stereocenters. The van der Waals surface area contributed by atoms with Crippen molar-refractivity contribution in [3.8, 4) is 11.8 Å². The zero-order chi connectivity index (χ0) is 20.8. The van der Waals surface area contributed by atoms with Crippen molar-refractivity contribution in [2.24, 2.45) is 0 Å². The predicted octanol–water partition coefficient (Wildman–Crippen LogP) is 5.39. The Labute approximate surface area is 180 Å². The number of carbonyl (C=O) groups is 1. The number of pyridine rings is 1. The summed E-state index contributed by atoms with van der Waals surface area (Å²) in [5.41, 5.74) is 3.29. The van der Waals surface area contributed by atoms with Crippen LogP contribution in [-0.2, 0) is 17.6 Å². The molecular weight excluding hydrogens is 406 g/mol. The van der Waals surface area contributed by atoms with Crippen molar-refractivity contribution < 1.29 is 9.53 Å². The van der Waals surface area contributed by atoms with E-state index in [1.165, 1.54) is 37.3 Å². The molecule has 29 heavy (non-hydrogen) atoms. The smallest absolute Gasteiger partial charge is 0.237 e. The first kappa shape index (κ1) is 21.5. The minimum Gasteiger partial charge on any atom is -0.495 e. The molecule has 1 heterocycles. The molecule has 0 radical (unpaired) electrons. The van der Waals surface area contributed by atoms with Crippen LogP contribution in [0.1, 0.15) is 49.4 Å². The minimum absolute atomic E-state index is 0.201. The third-order valence-corrected chi connectivity index (χ3v) is 6.30. The normalized spacial score (nSPS) is 14.7. The lowest BCUT2D eigenvalue weighted by atomic mass is 9.96. The second-order valence-corrected chi connectivity index (χ2v) is 8.83. The third kappa shape index (κ3) is 5.43. The highest BCUT2D eigenvalue weighted by Gasteiger charge is 2.21. The number of rotatable bonds is 5. The number of thioether (sulfide) groups is 1. The SMILES string of the molecule is COc1ccc(Cl)cc1NC(=O)C(C)Sc1nc2c(cc1C#N)CCCCCC2. The van der Waals surface area contributed by atoms with Crippen LogP contribution in [-0.4, -0.2) is 23.3 Å². The summed E-state index contributed by atoms with van der Waals surface area (Å²) in [5.74, 6) is 0.338. The maximum Gasteiger partial charge on any atom is 0.237 e. The van der Waals surface area contributed by atoms with Crippen molar-refractivity contribution in [2.45, 2.75) is 55.7 Å². The van der Waals surface area contributed by atoms with Gasteiger partial charge in [-0.15, -0.1) is 0 Å². The van der Waals surface area contributed by atoms with Gasteiger partial charge in [0.15, 0.2) is 0 Å². The Bertz CT molecular complexity index is 942.